The van der Waals surface area contributed by atoms with Crippen LogP contribution in [0, 0.1) is 19.8 Å². The maximum absolute atomic E-state index is 12.1. The third kappa shape index (κ3) is 3.35. The molecule has 2 atom stereocenters. The second-order valence-electron chi connectivity index (χ2n) is 5.30. The van der Waals surface area contributed by atoms with Gasteiger partial charge in [0.25, 0.3) is 5.91 Å². The average molecular weight is 310 g/mol. The number of hydrogen-bond donors (Lipinski definition) is 1. The minimum absolute atomic E-state index is 0.0641. The average Bonchev–Trinajstić information content (AvgIpc) is 2.75. The molecule has 18 heavy (non-hydrogen) atoms. The molecule has 1 saturated carbocycles. The Morgan fingerprint density at radius 2 is 2.17 bits per heavy atom. The van der Waals surface area contributed by atoms with Gasteiger partial charge in [0.2, 0.25) is 0 Å². The van der Waals surface area contributed by atoms with Crippen LogP contribution in [-0.4, -0.2) is 17.3 Å². The normalized spacial score (nSPS) is 23.1. The first-order chi connectivity index (χ1) is 8.56. The molecule has 2 rings (SSSR count). The quantitative estimate of drug-likeness (QED) is 0.849. The van der Waals surface area contributed by atoms with Crippen molar-refractivity contribution in [1.29, 1.82) is 0 Å². The van der Waals surface area contributed by atoms with Crippen molar-refractivity contribution < 1.29 is 4.79 Å². The van der Waals surface area contributed by atoms with Gasteiger partial charge in [-0.25, -0.2) is 0 Å². The molecule has 0 saturated heterocycles. The van der Waals surface area contributed by atoms with E-state index in [1.165, 1.54) is 19.3 Å². The summed E-state index contributed by atoms with van der Waals surface area (Å²) in [6.07, 6.45) is 3.61. The topological polar surface area (TPSA) is 29.1 Å². The molecule has 1 fully saturated rings. The van der Waals surface area contributed by atoms with Crippen LogP contribution < -0.4 is 5.32 Å². The molecular weight excluding hydrogens is 290 g/mol. The van der Waals surface area contributed by atoms with Gasteiger partial charge in [0.05, 0.1) is 0 Å². The minimum atomic E-state index is 0.0641. The van der Waals surface area contributed by atoms with Gasteiger partial charge in [-0.1, -0.05) is 33.6 Å². The lowest BCUT2D eigenvalue weighted by molar-refractivity contribution is 0.0946. The highest BCUT2D eigenvalue weighted by Crippen LogP contribution is 2.30. The molecule has 0 spiro atoms. The summed E-state index contributed by atoms with van der Waals surface area (Å²) in [5.74, 6) is 0.692. The van der Waals surface area contributed by atoms with Gasteiger partial charge in [-0.05, 0) is 50.7 Å². The first-order valence-electron chi connectivity index (χ1n) is 6.56. The lowest BCUT2D eigenvalue weighted by atomic mass is 10.0. The molecule has 1 aliphatic carbocycles. The van der Waals surface area contributed by atoms with Gasteiger partial charge >= 0.3 is 0 Å². The summed E-state index contributed by atoms with van der Waals surface area (Å²) in [6.45, 7) is 4.80. The molecule has 2 nitrogen and oxygen atoms in total. The van der Waals surface area contributed by atoms with E-state index < -0.39 is 0 Å². The predicted octanol–water partition coefficient (Wildman–Crippen LogP) is 3.60. The summed E-state index contributed by atoms with van der Waals surface area (Å²) in [6, 6.07) is 6.01. The SMILES string of the molecule is Cc1ccc(C)c(C(=O)NCC2CCC(Br)C2)c1. The van der Waals surface area contributed by atoms with E-state index in [2.05, 4.69) is 21.2 Å². The first-order valence-corrected chi connectivity index (χ1v) is 7.47. The van der Waals surface area contributed by atoms with Crippen molar-refractivity contribution in [3.63, 3.8) is 0 Å². The van der Waals surface area contributed by atoms with E-state index >= 15 is 0 Å². The predicted molar refractivity (Wildman–Crippen MR) is 78.3 cm³/mol. The molecule has 0 aromatic heterocycles. The number of benzene rings is 1. The van der Waals surface area contributed by atoms with Crippen molar-refractivity contribution in [2.75, 3.05) is 6.54 Å². The van der Waals surface area contributed by atoms with Crippen LogP contribution in [-0.2, 0) is 0 Å². The Bertz CT molecular complexity index is 444. The molecule has 1 amide bonds. The summed E-state index contributed by atoms with van der Waals surface area (Å²) < 4.78 is 0. The van der Waals surface area contributed by atoms with Gasteiger partial charge in [-0.3, -0.25) is 4.79 Å². The van der Waals surface area contributed by atoms with E-state index in [-0.39, 0.29) is 5.91 Å². The van der Waals surface area contributed by atoms with Crippen LogP contribution in [0.4, 0.5) is 0 Å². The van der Waals surface area contributed by atoms with Gasteiger partial charge < -0.3 is 5.32 Å². The van der Waals surface area contributed by atoms with Crippen LogP contribution in [0.3, 0.4) is 0 Å². The second-order valence-corrected chi connectivity index (χ2v) is 6.60. The van der Waals surface area contributed by atoms with E-state index in [9.17, 15) is 4.79 Å². The smallest absolute Gasteiger partial charge is 0.251 e. The van der Waals surface area contributed by atoms with Gasteiger partial charge in [-0.15, -0.1) is 0 Å². The van der Waals surface area contributed by atoms with Crippen molar-refractivity contribution >= 4 is 21.8 Å². The number of carbonyl (C=O) groups excluding carboxylic acids is 1. The van der Waals surface area contributed by atoms with Crippen LogP contribution in [0.1, 0.15) is 40.7 Å². The fraction of sp³-hybridized carbons (Fsp3) is 0.533. The lowest BCUT2D eigenvalue weighted by Crippen LogP contribution is -2.29. The molecule has 1 aromatic carbocycles. The Labute approximate surface area is 117 Å². The van der Waals surface area contributed by atoms with Crippen molar-refractivity contribution in [1.82, 2.24) is 5.32 Å². The molecule has 1 aromatic rings. The summed E-state index contributed by atoms with van der Waals surface area (Å²) >= 11 is 3.64. The molecule has 0 radical (unpaired) electrons. The third-order valence-corrected chi connectivity index (χ3v) is 4.50. The molecule has 2 unspecified atom stereocenters. The number of nitrogens with one attached hydrogen (secondary N) is 1. The van der Waals surface area contributed by atoms with Crippen molar-refractivity contribution in [2.45, 2.75) is 37.9 Å². The van der Waals surface area contributed by atoms with E-state index in [0.29, 0.717) is 10.7 Å². The Hall–Kier alpha value is -0.830. The zero-order valence-corrected chi connectivity index (χ0v) is 12.6. The highest BCUT2D eigenvalue weighted by atomic mass is 79.9. The van der Waals surface area contributed by atoms with Crippen molar-refractivity contribution in [3.8, 4) is 0 Å². The highest BCUT2D eigenvalue weighted by molar-refractivity contribution is 9.09. The molecule has 0 heterocycles. The third-order valence-electron chi connectivity index (χ3n) is 3.67. The number of alkyl halides is 1. The first kappa shape index (κ1) is 13.6. The van der Waals surface area contributed by atoms with Gasteiger partial charge in [-0.2, -0.15) is 0 Å². The molecule has 0 aliphatic heterocycles. The number of carbonyl (C=O) groups is 1. The van der Waals surface area contributed by atoms with Gasteiger partial charge in [0, 0.05) is 16.9 Å². The number of aryl methyl sites for hydroxylation is 2. The standard InChI is InChI=1S/C15H20BrNO/c1-10-3-4-11(2)14(7-10)15(18)17-9-12-5-6-13(16)8-12/h3-4,7,12-13H,5-6,8-9H2,1-2H3,(H,17,18). The lowest BCUT2D eigenvalue weighted by Gasteiger charge is -2.12. The highest BCUT2D eigenvalue weighted by Gasteiger charge is 2.23. The summed E-state index contributed by atoms with van der Waals surface area (Å²) in [5, 5.41) is 3.07. The van der Waals surface area contributed by atoms with Crippen LogP contribution in [0.15, 0.2) is 18.2 Å². The fourth-order valence-electron chi connectivity index (χ4n) is 2.51. The van der Waals surface area contributed by atoms with E-state index in [1.807, 2.05) is 32.0 Å². The Kier molecular flexibility index (Phi) is 4.44. The van der Waals surface area contributed by atoms with Crippen LogP contribution >= 0.6 is 15.9 Å². The van der Waals surface area contributed by atoms with Crippen LogP contribution in [0.25, 0.3) is 0 Å². The monoisotopic (exact) mass is 309 g/mol. The van der Waals surface area contributed by atoms with Crippen LogP contribution in [0.2, 0.25) is 0 Å². The number of hydrogen-bond acceptors (Lipinski definition) is 1. The van der Waals surface area contributed by atoms with Crippen LogP contribution in [0.5, 0.6) is 0 Å². The zero-order valence-electron chi connectivity index (χ0n) is 11.0. The maximum atomic E-state index is 12.1. The summed E-state index contributed by atoms with van der Waals surface area (Å²) in [4.78, 5) is 12.8. The molecule has 3 heteroatoms. The zero-order chi connectivity index (χ0) is 13.1. The summed E-state index contributed by atoms with van der Waals surface area (Å²) in [5.41, 5.74) is 2.98. The molecular formula is C15H20BrNO. The van der Waals surface area contributed by atoms with E-state index in [1.54, 1.807) is 0 Å². The largest absolute Gasteiger partial charge is 0.352 e. The molecule has 1 N–H and O–H groups in total. The maximum Gasteiger partial charge on any atom is 0.251 e. The summed E-state index contributed by atoms with van der Waals surface area (Å²) in [7, 11) is 0. The Morgan fingerprint density at radius 1 is 1.39 bits per heavy atom. The minimum Gasteiger partial charge on any atom is -0.352 e. The van der Waals surface area contributed by atoms with E-state index in [4.69, 9.17) is 0 Å². The van der Waals surface area contributed by atoms with Gasteiger partial charge in [0.1, 0.15) is 0 Å². The van der Waals surface area contributed by atoms with Gasteiger partial charge in [0.15, 0.2) is 0 Å². The fourth-order valence-corrected chi connectivity index (χ4v) is 3.31. The second kappa shape index (κ2) is 5.87. The van der Waals surface area contributed by atoms with Crippen molar-refractivity contribution in [3.05, 3.63) is 34.9 Å². The Morgan fingerprint density at radius 3 is 2.83 bits per heavy atom. The number of rotatable bonds is 3. The number of halogens is 1. The molecule has 98 valence electrons. The Balaban J connectivity index is 1.93. The molecule has 1 aliphatic rings. The molecule has 0 bridgehead atoms. The van der Waals surface area contributed by atoms with E-state index in [0.717, 1.165) is 23.2 Å². The number of amides is 1. The van der Waals surface area contributed by atoms with Crippen molar-refractivity contribution in [2.24, 2.45) is 5.92 Å².